The van der Waals surface area contributed by atoms with Gasteiger partial charge in [0.1, 0.15) is 0 Å². The summed E-state index contributed by atoms with van der Waals surface area (Å²) in [5.74, 6) is 0. The lowest BCUT2D eigenvalue weighted by molar-refractivity contribution is -0.325. The first-order chi connectivity index (χ1) is 7.42. The number of hydrogen-bond acceptors (Lipinski definition) is 2. The number of aromatic nitrogens is 1. The van der Waals surface area contributed by atoms with Crippen molar-refractivity contribution in [3.8, 4) is 0 Å². The fourth-order valence-electron chi connectivity index (χ4n) is 1.32. The Bertz CT molecular complexity index is 322. The molecule has 0 amide bonds. The minimum Gasteiger partial charge on any atom is -0.352 e. The number of nitrogens with zero attached hydrogens (tertiary/aromatic N) is 1. The van der Waals surface area contributed by atoms with Gasteiger partial charge in [-0.05, 0) is 18.1 Å². The van der Waals surface area contributed by atoms with E-state index in [1.54, 1.807) is 17.0 Å². The molecule has 0 aliphatic heterocycles. The Hall–Kier alpha value is -1.01. The second-order valence-electron chi connectivity index (χ2n) is 3.49. The second kappa shape index (κ2) is 5.36. The Morgan fingerprint density at radius 3 is 2.75 bits per heavy atom. The van der Waals surface area contributed by atoms with Gasteiger partial charge in [0.2, 0.25) is 0 Å². The molecule has 1 aromatic heterocycles. The third kappa shape index (κ3) is 4.24. The summed E-state index contributed by atoms with van der Waals surface area (Å²) in [7, 11) is 0. The predicted octanol–water partition coefficient (Wildman–Crippen LogP) is 2.43. The summed E-state index contributed by atoms with van der Waals surface area (Å²) in [6.45, 7) is 1.73. The van der Waals surface area contributed by atoms with Crippen molar-refractivity contribution < 1.29 is 17.9 Å². The van der Waals surface area contributed by atoms with Crippen LogP contribution in [0.2, 0.25) is 0 Å². The van der Waals surface area contributed by atoms with Gasteiger partial charge in [-0.1, -0.05) is 6.92 Å². The normalized spacial score (nSPS) is 14.1. The quantitative estimate of drug-likeness (QED) is 0.852. The molecule has 0 fully saturated rings. The molecule has 1 rings (SSSR count). The molecule has 16 heavy (non-hydrogen) atoms. The van der Waals surface area contributed by atoms with Crippen LogP contribution < -0.4 is 5.73 Å². The first-order valence-corrected chi connectivity index (χ1v) is 5.04. The SMILES string of the molecule is CCC(N)c1ccn(CCOC(F)(F)F)c1. The van der Waals surface area contributed by atoms with Crippen molar-refractivity contribution >= 4 is 0 Å². The van der Waals surface area contributed by atoms with Gasteiger partial charge in [0.15, 0.2) is 0 Å². The second-order valence-corrected chi connectivity index (χ2v) is 3.49. The molecule has 0 saturated heterocycles. The van der Waals surface area contributed by atoms with Crippen molar-refractivity contribution in [2.75, 3.05) is 6.61 Å². The highest BCUT2D eigenvalue weighted by Gasteiger charge is 2.28. The van der Waals surface area contributed by atoms with Crippen LogP contribution in [0.5, 0.6) is 0 Å². The fraction of sp³-hybridized carbons (Fsp3) is 0.600. The van der Waals surface area contributed by atoms with Crippen molar-refractivity contribution in [1.29, 1.82) is 0 Å². The molecule has 0 saturated carbocycles. The van der Waals surface area contributed by atoms with Gasteiger partial charge < -0.3 is 10.3 Å². The summed E-state index contributed by atoms with van der Waals surface area (Å²) in [6.07, 6.45) is -0.322. The average molecular weight is 236 g/mol. The molecule has 0 bridgehead atoms. The fourth-order valence-corrected chi connectivity index (χ4v) is 1.32. The summed E-state index contributed by atoms with van der Waals surface area (Å²) in [5, 5.41) is 0. The molecular weight excluding hydrogens is 221 g/mol. The van der Waals surface area contributed by atoms with E-state index in [2.05, 4.69) is 4.74 Å². The van der Waals surface area contributed by atoms with Crippen LogP contribution in [-0.2, 0) is 11.3 Å². The third-order valence-corrected chi connectivity index (χ3v) is 2.26. The number of alkyl halides is 3. The van der Waals surface area contributed by atoms with E-state index in [0.29, 0.717) is 0 Å². The van der Waals surface area contributed by atoms with Crippen LogP contribution in [0.4, 0.5) is 13.2 Å². The lowest BCUT2D eigenvalue weighted by Gasteiger charge is -2.08. The molecule has 92 valence electrons. The Morgan fingerprint density at radius 2 is 2.19 bits per heavy atom. The smallest absolute Gasteiger partial charge is 0.352 e. The number of rotatable bonds is 5. The molecule has 1 heterocycles. The summed E-state index contributed by atoms with van der Waals surface area (Å²) >= 11 is 0. The lowest BCUT2D eigenvalue weighted by atomic mass is 10.1. The molecule has 2 N–H and O–H groups in total. The number of ether oxygens (including phenoxy) is 1. The van der Waals surface area contributed by atoms with E-state index in [1.807, 2.05) is 13.0 Å². The van der Waals surface area contributed by atoms with Crippen LogP contribution in [-0.4, -0.2) is 17.5 Å². The van der Waals surface area contributed by atoms with Crippen LogP contribution in [0.1, 0.15) is 24.9 Å². The van der Waals surface area contributed by atoms with E-state index in [0.717, 1.165) is 12.0 Å². The number of hydrogen-bond donors (Lipinski definition) is 1. The van der Waals surface area contributed by atoms with Gasteiger partial charge in [-0.3, -0.25) is 4.74 Å². The molecule has 0 aliphatic carbocycles. The molecule has 0 spiro atoms. The zero-order valence-corrected chi connectivity index (χ0v) is 9.00. The highest BCUT2D eigenvalue weighted by atomic mass is 19.4. The van der Waals surface area contributed by atoms with Crippen molar-refractivity contribution in [1.82, 2.24) is 4.57 Å². The van der Waals surface area contributed by atoms with Crippen molar-refractivity contribution in [3.63, 3.8) is 0 Å². The summed E-state index contributed by atoms with van der Waals surface area (Å²) in [5.41, 5.74) is 6.71. The largest absolute Gasteiger partial charge is 0.522 e. The van der Waals surface area contributed by atoms with Gasteiger partial charge in [-0.25, -0.2) is 0 Å². The van der Waals surface area contributed by atoms with Crippen LogP contribution in [0, 0.1) is 0 Å². The molecule has 0 aliphatic rings. The first-order valence-electron chi connectivity index (χ1n) is 5.04. The maximum atomic E-state index is 11.7. The third-order valence-electron chi connectivity index (χ3n) is 2.26. The standard InChI is InChI=1S/C10H15F3N2O/c1-2-9(14)8-3-4-15(7-8)5-6-16-10(11,12)13/h3-4,7,9H,2,5-6,14H2,1H3. The van der Waals surface area contributed by atoms with Gasteiger partial charge in [0.25, 0.3) is 0 Å². The Kier molecular flexibility index (Phi) is 4.37. The number of halogens is 3. The molecule has 0 radical (unpaired) electrons. The Balaban J connectivity index is 2.41. The minimum absolute atomic E-state index is 0.0650. The Morgan fingerprint density at radius 1 is 1.50 bits per heavy atom. The monoisotopic (exact) mass is 236 g/mol. The van der Waals surface area contributed by atoms with E-state index in [4.69, 9.17) is 5.73 Å². The molecule has 1 unspecified atom stereocenters. The van der Waals surface area contributed by atoms with Crippen LogP contribution in [0.25, 0.3) is 0 Å². The van der Waals surface area contributed by atoms with Gasteiger partial charge in [0, 0.05) is 25.0 Å². The molecular formula is C10H15F3N2O. The topological polar surface area (TPSA) is 40.2 Å². The van der Waals surface area contributed by atoms with Crippen molar-refractivity contribution in [3.05, 3.63) is 24.0 Å². The Labute approximate surface area is 92.0 Å². The zero-order chi connectivity index (χ0) is 12.2. The van der Waals surface area contributed by atoms with Crippen LogP contribution in [0.3, 0.4) is 0 Å². The average Bonchev–Trinajstić information content (AvgIpc) is 2.63. The van der Waals surface area contributed by atoms with Gasteiger partial charge in [0.05, 0.1) is 6.61 Å². The molecule has 1 aromatic rings. The summed E-state index contributed by atoms with van der Waals surface area (Å²) < 4.78 is 40.4. The van der Waals surface area contributed by atoms with Crippen molar-refractivity contribution in [2.45, 2.75) is 32.3 Å². The van der Waals surface area contributed by atoms with E-state index in [9.17, 15) is 13.2 Å². The molecule has 3 nitrogen and oxygen atoms in total. The number of nitrogens with two attached hydrogens (primary N) is 1. The van der Waals surface area contributed by atoms with Crippen molar-refractivity contribution in [2.24, 2.45) is 5.73 Å². The van der Waals surface area contributed by atoms with Crippen LogP contribution >= 0.6 is 0 Å². The maximum Gasteiger partial charge on any atom is 0.522 e. The predicted molar refractivity (Wildman–Crippen MR) is 53.7 cm³/mol. The van der Waals surface area contributed by atoms with Crippen LogP contribution in [0.15, 0.2) is 18.5 Å². The minimum atomic E-state index is -4.56. The highest BCUT2D eigenvalue weighted by Crippen LogP contribution is 2.17. The van der Waals surface area contributed by atoms with Gasteiger partial charge >= 0.3 is 6.36 Å². The summed E-state index contributed by atoms with van der Waals surface area (Å²) in [4.78, 5) is 0. The van der Waals surface area contributed by atoms with Gasteiger partial charge in [-0.15, -0.1) is 13.2 Å². The highest BCUT2D eigenvalue weighted by molar-refractivity contribution is 5.14. The van der Waals surface area contributed by atoms with Gasteiger partial charge in [-0.2, -0.15) is 0 Å². The van der Waals surface area contributed by atoms with E-state index in [1.165, 1.54) is 0 Å². The molecule has 0 aromatic carbocycles. The maximum absolute atomic E-state index is 11.7. The zero-order valence-electron chi connectivity index (χ0n) is 9.00. The van der Waals surface area contributed by atoms with E-state index >= 15 is 0 Å². The summed E-state index contributed by atoms with van der Waals surface area (Å²) in [6, 6.07) is 1.74. The van der Waals surface area contributed by atoms with E-state index in [-0.39, 0.29) is 19.2 Å². The van der Waals surface area contributed by atoms with E-state index < -0.39 is 6.36 Å². The molecule has 1 atom stereocenters. The lowest BCUT2D eigenvalue weighted by Crippen LogP contribution is -2.17. The first kappa shape index (κ1) is 13.1. The molecule has 6 heteroatoms.